The molecule has 3 aromatic rings. The molecule has 27 heavy (non-hydrogen) atoms. The predicted molar refractivity (Wildman–Crippen MR) is 102 cm³/mol. The van der Waals surface area contributed by atoms with E-state index in [9.17, 15) is 5.11 Å². The largest absolute Gasteiger partial charge is 0.394 e. The van der Waals surface area contributed by atoms with Crippen LogP contribution < -0.4 is 4.90 Å². The Morgan fingerprint density at radius 3 is 2.70 bits per heavy atom. The van der Waals surface area contributed by atoms with Gasteiger partial charge in [0, 0.05) is 33.7 Å². The molecule has 8 nitrogen and oxygen atoms in total. The summed E-state index contributed by atoms with van der Waals surface area (Å²) in [5.74, 6) is 0.773. The number of nitrogens with zero attached hydrogens (tertiary/aromatic N) is 6. The lowest BCUT2D eigenvalue weighted by molar-refractivity contribution is -0.135. The van der Waals surface area contributed by atoms with Crippen molar-refractivity contribution in [3.63, 3.8) is 0 Å². The zero-order valence-corrected chi connectivity index (χ0v) is 15.6. The lowest BCUT2D eigenvalue weighted by atomic mass is 10.2. The minimum Gasteiger partial charge on any atom is -0.394 e. The lowest BCUT2D eigenvalue weighted by Crippen LogP contribution is -2.46. The Bertz CT molecular complexity index is 898. The third kappa shape index (κ3) is 3.64. The monoisotopic (exact) mass is 368 g/mol. The number of aliphatic hydroxyl groups excluding tert-OH is 1. The van der Waals surface area contributed by atoms with Gasteiger partial charge in [-0.2, -0.15) is 0 Å². The molecule has 0 bridgehead atoms. The number of ether oxygens (including phenoxy) is 1. The third-order valence-electron chi connectivity index (χ3n) is 4.75. The van der Waals surface area contributed by atoms with E-state index in [0.29, 0.717) is 13.1 Å². The van der Waals surface area contributed by atoms with Gasteiger partial charge in [-0.25, -0.2) is 15.0 Å². The molecular formula is C19H24N6O2. The highest BCUT2D eigenvalue weighted by atomic mass is 16.5. The molecule has 1 aromatic carbocycles. The van der Waals surface area contributed by atoms with E-state index in [4.69, 9.17) is 4.74 Å². The second kappa shape index (κ2) is 7.59. The number of anilines is 1. The second-order valence-electron chi connectivity index (χ2n) is 6.99. The van der Waals surface area contributed by atoms with Crippen LogP contribution in [0.2, 0.25) is 0 Å². The molecule has 4 rings (SSSR count). The van der Waals surface area contributed by atoms with Gasteiger partial charge in [0.1, 0.15) is 12.6 Å². The van der Waals surface area contributed by atoms with Gasteiger partial charge >= 0.3 is 0 Å². The highest BCUT2D eigenvalue weighted by molar-refractivity contribution is 5.83. The van der Waals surface area contributed by atoms with Crippen LogP contribution in [0.15, 0.2) is 43.0 Å². The van der Waals surface area contributed by atoms with E-state index in [1.807, 2.05) is 41.8 Å². The van der Waals surface area contributed by atoms with Gasteiger partial charge in [0.05, 0.1) is 19.0 Å². The van der Waals surface area contributed by atoms with Crippen molar-refractivity contribution in [3.05, 3.63) is 48.5 Å². The van der Waals surface area contributed by atoms with E-state index >= 15 is 0 Å². The van der Waals surface area contributed by atoms with Gasteiger partial charge in [0.25, 0.3) is 0 Å². The van der Waals surface area contributed by atoms with Crippen molar-refractivity contribution in [2.75, 3.05) is 38.7 Å². The summed E-state index contributed by atoms with van der Waals surface area (Å²) in [6.45, 7) is 2.17. The summed E-state index contributed by atoms with van der Waals surface area (Å²) >= 11 is 0. The Morgan fingerprint density at radius 1 is 1.15 bits per heavy atom. The molecule has 1 aliphatic heterocycles. The maximum absolute atomic E-state index is 9.71. The van der Waals surface area contributed by atoms with Crippen LogP contribution in [0.4, 0.5) is 5.82 Å². The van der Waals surface area contributed by atoms with Crippen LogP contribution in [-0.4, -0.2) is 69.4 Å². The smallest absolute Gasteiger partial charge is 0.167 e. The average Bonchev–Trinajstić information content (AvgIpc) is 3.12. The number of benzene rings is 1. The maximum atomic E-state index is 9.71. The fraction of sp³-hybridized carbons (Fsp3) is 0.421. The Morgan fingerprint density at radius 2 is 1.96 bits per heavy atom. The molecule has 0 unspecified atom stereocenters. The molecule has 142 valence electrons. The van der Waals surface area contributed by atoms with Crippen LogP contribution in [0.3, 0.4) is 0 Å². The normalized spacial score (nSPS) is 20.9. The van der Waals surface area contributed by atoms with Crippen LogP contribution in [0.1, 0.15) is 11.8 Å². The number of imidazole rings is 1. The van der Waals surface area contributed by atoms with E-state index in [1.165, 1.54) is 5.56 Å². The van der Waals surface area contributed by atoms with Crippen molar-refractivity contribution in [2.24, 2.45) is 0 Å². The highest BCUT2D eigenvalue weighted by Crippen LogP contribution is 2.27. The summed E-state index contributed by atoms with van der Waals surface area (Å²) in [4.78, 5) is 17.5. The average molecular weight is 368 g/mol. The molecule has 1 aliphatic rings. The number of rotatable bonds is 5. The molecule has 2 atom stereocenters. The standard InChI is InChI=1S/C19H24N6O2/c1-23(2)18-17-19(21-12-20-18)25(13-22-17)16-10-24(9-15(11-26)27-16)8-14-6-4-3-5-7-14/h3-7,12-13,15-16,26H,8-11H2,1-2H3/t15-,16+/m0/s1. The molecule has 1 N–H and O–H groups in total. The summed E-state index contributed by atoms with van der Waals surface area (Å²) in [7, 11) is 3.86. The van der Waals surface area contributed by atoms with Crippen molar-refractivity contribution in [1.82, 2.24) is 24.4 Å². The fourth-order valence-corrected chi connectivity index (χ4v) is 3.49. The molecule has 0 aliphatic carbocycles. The quantitative estimate of drug-likeness (QED) is 0.727. The minimum atomic E-state index is -0.269. The van der Waals surface area contributed by atoms with Gasteiger partial charge in [-0.3, -0.25) is 9.47 Å². The number of aliphatic hydroxyl groups is 1. The van der Waals surface area contributed by atoms with Gasteiger partial charge in [-0.15, -0.1) is 0 Å². The number of hydrogen-bond acceptors (Lipinski definition) is 7. The molecule has 1 fully saturated rings. The number of morpholine rings is 1. The molecule has 0 amide bonds. The molecule has 0 radical (unpaired) electrons. The van der Waals surface area contributed by atoms with Gasteiger partial charge in [-0.1, -0.05) is 30.3 Å². The Hall–Kier alpha value is -2.55. The fourth-order valence-electron chi connectivity index (χ4n) is 3.49. The first-order chi connectivity index (χ1) is 13.2. The van der Waals surface area contributed by atoms with Gasteiger partial charge in [0.15, 0.2) is 17.0 Å². The van der Waals surface area contributed by atoms with Gasteiger partial charge < -0.3 is 14.7 Å². The Labute approximate surface area is 158 Å². The van der Waals surface area contributed by atoms with Crippen molar-refractivity contribution >= 4 is 17.0 Å². The highest BCUT2D eigenvalue weighted by Gasteiger charge is 2.30. The SMILES string of the molecule is CN(C)c1ncnc2c1ncn2[C@H]1CN(Cc2ccccc2)C[C@@H](CO)O1. The van der Waals surface area contributed by atoms with Crippen LogP contribution in [0, 0.1) is 0 Å². The van der Waals surface area contributed by atoms with E-state index in [1.54, 1.807) is 12.7 Å². The summed E-state index contributed by atoms with van der Waals surface area (Å²) in [5, 5.41) is 9.71. The van der Waals surface area contributed by atoms with E-state index in [0.717, 1.165) is 23.5 Å². The van der Waals surface area contributed by atoms with Crippen molar-refractivity contribution in [2.45, 2.75) is 18.9 Å². The topological polar surface area (TPSA) is 79.5 Å². The zero-order valence-electron chi connectivity index (χ0n) is 15.6. The molecular weight excluding hydrogens is 344 g/mol. The molecule has 8 heteroatoms. The second-order valence-corrected chi connectivity index (χ2v) is 6.99. The van der Waals surface area contributed by atoms with Crippen molar-refractivity contribution in [1.29, 1.82) is 0 Å². The maximum Gasteiger partial charge on any atom is 0.167 e. The van der Waals surface area contributed by atoms with Gasteiger partial charge in [-0.05, 0) is 5.56 Å². The summed E-state index contributed by atoms with van der Waals surface area (Å²) < 4.78 is 8.05. The minimum absolute atomic E-state index is 0.0215. The summed E-state index contributed by atoms with van der Waals surface area (Å²) in [5.41, 5.74) is 2.71. The Balaban J connectivity index is 1.62. The van der Waals surface area contributed by atoms with E-state index < -0.39 is 0 Å². The summed E-state index contributed by atoms with van der Waals surface area (Å²) in [6, 6.07) is 10.3. The van der Waals surface area contributed by atoms with Crippen LogP contribution in [0.5, 0.6) is 0 Å². The third-order valence-corrected chi connectivity index (χ3v) is 4.75. The number of hydrogen-bond donors (Lipinski definition) is 1. The first kappa shape index (κ1) is 17.8. The molecule has 3 heterocycles. The zero-order chi connectivity index (χ0) is 18.8. The van der Waals surface area contributed by atoms with Crippen LogP contribution >= 0.6 is 0 Å². The summed E-state index contributed by atoms with van der Waals surface area (Å²) in [6.07, 6.45) is 2.77. The lowest BCUT2D eigenvalue weighted by Gasteiger charge is -2.37. The number of aromatic nitrogens is 4. The van der Waals surface area contributed by atoms with Crippen molar-refractivity contribution < 1.29 is 9.84 Å². The first-order valence-corrected chi connectivity index (χ1v) is 9.03. The molecule has 0 spiro atoms. The molecule has 2 aromatic heterocycles. The molecule has 0 saturated carbocycles. The van der Waals surface area contributed by atoms with E-state index in [-0.39, 0.29) is 18.9 Å². The van der Waals surface area contributed by atoms with E-state index in [2.05, 4.69) is 32.0 Å². The van der Waals surface area contributed by atoms with Crippen LogP contribution in [-0.2, 0) is 11.3 Å². The Kier molecular flexibility index (Phi) is 5.02. The molecule has 1 saturated heterocycles. The predicted octanol–water partition coefficient (Wildman–Crippen LogP) is 1.28. The van der Waals surface area contributed by atoms with Crippen LogP contribution in [0.25, 0.3) is 11.2 Å². The first-order valence-electron chi connectivity index (χ1n) is 9.03. The number of fused-ring (bicyclic) bond motifs is 1. The van der Waals surface area contributed by atoms with Gasteiger partial charge in [0.2, 0.25) is 0 Å². The van der Waals surface area contributed by atoms with Crippen molar-refractivity contribution in [3.8, 4) is 0 Å².